The van der Waals surface area contributed by atoms with Crippen LogP contribution in [0, 0.1) is 0 Å². The zero-order valence-corrected chi connectivity index (χ0v) is 14.1. The maximum atomic E-state index is 11.9. The molecule has 0 bridgehead atoms. The number of carboxylic acid groups (broad SMARTS) is 1. The number of benzene rings is 1. The van der Waals surface area contributed by atoms with Crippen molar-refractivity contribution < 1.29 is 28.9 Å². The summed E-state index contributed by atoms with van der Waals surface area (Å²) < 4.78 is 15.7. The highest BCUT2D eigenvalue weighted by Gasteiger charge is 2.28. The van der Waals surface area contributed by atoms with Crippen molar-refractivity contribution in [1.82, 2.24) is 5.32 Å². The Balaban J connectivity index is 2.82. The number of carbonyl (C=O) groups excluding carboxylic acids is 1. The minimum atomic E-state index is -1.30. The summed E-state index contributed by atoms with van der Waals surface area (Å²) in [5.41, 5.74) is -0.477. The number of ether oxygens (including phenoxy) is 3. The fourth-order valence-corrected chi connectivity index (χ4v) is 2.00. The van der Waals surface area contributed by atoms with E-state index in [2.05, 4.69) is 5.32 Å². The van der Waals surface area contributed by atoms with Gasteiger partial charge in [-0.3, -0.25) is 4.79 Å². The van der Waals surface area contributed by atoms with Crippen molar-refractivity contribution in [2.45, 2.75) is 32.2 Å². The second-order valence-corrected chi connectivity index (χ2v) is 5.51. The molecule has 0 unspecified atom stereocenters. The van der Waals surface area contributed by atoms with E-state index in [0.717, 1.165) is 5.56 Å². The quantitative estimate of drug-likeness (QED) is 0.754. The van der Waals surface area contributed by atoms with Gasteiger partial charge in [0.1, 0.15) is 5.54 Å². The number of aliphatic carboxylic acids is 1. The normalized spacial score (nSPS) is 10.8. The first-order chi connectivity index (χ1) is 10.7. The van der Waals surface area contributed by atoms with Crippen LogP contribution in [0.2, 0.25) is 0 Å². The lowest BCUT2D eigenvalue weighted by Crippen LogP contribution is -2.49. The summed E-state index contributed by atoms with van der Waals surface area (Å²) in [6.45, 7) is 2.87. The summed E-state index contributed by atoms with van der Waals surface area (Å²) >= 11 is 0. The van der Waals surface area contributed by atoms with Crippen LogP contribution in [0.25, 0.3) is 0 Å². The molecule has 0 saturated heterocycles. The lowest BCUT2D eigenvalue weighted by Gasteiger charge is -2.21. The van der Waals surface area contributed by atoms with Crippen LogP contribution in [0.1, 0.15) is 25.8 Å². The Labute approximate surface area is 135 Å². The molecule has 0 aliphatic rings. The smallest absolute Gasteiger partial charge is 0.328 e. The summed E-state index contributed by atoms with van der Waals surface area (Å²) in [5.74, 6) is 0.0706. The number of aryl methyl sites for hydroxylation is 1. The number of hydrogen-bond donors (Lipinski definition) is 2. The standard InChI is InChI=1S/C16H23NO6/c1-16(2,15(19)20)17-13(18)7-6-10-8-11(21-3)14(23-5)12(9-10)22-4/h8-9H,6-7H2,1-5H3,(H,17,18)(H,19,20). The van der Waals surface area contributed by atoms with E-state index < -0.39 is 11.5 Å². The monoisotopic (exact) mass is 325 g/mol. The van der Waals surface area contributed by atoms with Gasteiger partial charge >= 0.3 is 5.97 Å². The van der Waals surface area contributed by atoms with Crippen LogP contribution in [0.15, 0.2) is 12.1 Å². The van der Waals surface area contributed by atoms with Gasteiger partial charge in [-0.2, -0.15) is 0 Å². The van der Waals surface area contributed by atoms with E-state index in [1.807, 2.05) is 0 Å². The molecule has 0 radical (unpaired) electrons. The van der Waals surface area contributed by atoms with Crippen molar-refractivity contribution in [2.24, 2.45) is 0 Å². The summed E-state index contributed by atoms with van der Waals surface area (Å²) in [6.07, 6.45) is 0.563. The molecule has 7 nitrogen and oxygen atoms in total. The molecule has 0 saturated carbocycles. The molecule has 0 aliphatic heterocycles. The first-order valence-corrected chi connectivity index (χ1v) is 7.08. The maximum Gasteiger partial charge on any atom is 0.328 e. The molecule has 0 aromatic heterocycles. The molecule has 0 fully saturated rings. The molecule has 0 spiro atoms. The molecule has 23 heavy (non-hydrogen) atoms. The molecule has 0 heterocycles. The van der Waals surface area contributed by atoms with E-state index in [9.17, 15) is 9.59 Å². The van der Waals surface area contributed by atoms with E-state index >= 15 is 0 Å². The Morgan fingerprint density at radius 3 is 2.00 bits per heavy atom. The predicted molar refractivity (Wildman–Crippen MR) is 84.3 cm³/mol. The van der Waals surface area contributed by atoms with Crippen LogP contribution >= 0.6 is 0 Å². The Bertz CT molecular complexity index is 557. The number of carboxylic acids is 1. The van der Waals surface area contributed by atoms with Gasteiger partial charge in [0.2, 0.25) is 11.7 Å². The second-order valence-electron chi connectivity index (χ2n) is 5.51. The van der Waals surface area contributed by atoms with Gasteiger partial charge in [-0.1, -0.05) is 0 Å². The van der Waals surface area contributed by atoms with Crippen molar-refractivity contribution in [2.75, 3.05) is 21.3 Å². The summed E-state index contributed by atoms with van der Waals surface area (Å²) in [5, 5.41) is 11.5. The summed E-state index contributed by atoms with van der Waals surface area (Å²) in [7, 11) is 4.55. The molecule has 1 rings (SSSR count). The maximum absolute atomic E-state index is 11.9. The van der Waals surface area contributed by atoms with Crippen LogP contribution in [-0.4, -0.2) is 43.9 Å². The number of methoxy groups -OCH3 is 3. The highest BCUT2D eigenvalue weighted by molar-refractivity contribution is 5.86. The van der Waals surface area contributed by atoms with E-state index in [-0.39, 0.29) is 12.3 Å². The molecule has 0 aliphatic carbocycles. The first-order valence-electron chi connectivity index (χ1n) is 7.08. The van der Waals surface area contributed by atoms with Crippen molar-refractivity contribution in [3.63, 3.8) is 0 Å². The summed E-state index contributed by atoms with van der Waals surface area (Å²) in [4.78, 5) is 22.9. The second kappa shape index (κ2) is 7.71. The van der Waals surface area contributed by atoms with E-state index in [0.29, 0.717) is 23.7 Å². The van der Waals surface area contributed by atoms with Crippen LogP contribution in [-0.2, 0) is 16.0 Å². The average Bonchev–Trinajstić information content (AvgIpc) is 2.51. The SMILES string of the molecule is COc1cc(CCC(=O)NC(C)(C)C(=O)O)cc(OC)c1OC. The van der Waals surface area contributed by atoms with Crippen LogP contribution in [0.3, 0.4) is 0 Å². The predicted octanol–water partition coefficient (Wildman–Crippen LogP) is 1.62. The first kappa shape index (κ1) is 18.6. The van der Waals surface area contributed by atoms with E-state index in [1.54, 1.807) is 12.1 Å². The molecule has 1 amide bonds. The Morgan fingerprint density at radius 2 is 1.61 bits per heavy atom. The molecule has 0 atom stereocenters. The number of hydrogen-bond acceptors (Lipinski definition) is 5. The molecular weight excluding hydrogens is 302 g/mol. The zero-order chi connectivity index (χ0) is 17.6. The molecule has 1 aromatic carbocycles. The average molecular weight is 325 g/mol. The van der Waals surface area contributed by atoms with E-state index in [4.69, 9.17) is 19.3 Å². The highest BCUT2D eigenvalue weighted by atomic mass is 16.5. The minimum Gasteiger partial charge on any atom is -0.493 e. The van der Waals surface area contributed by atoms with E-state index in [1.165, 1.54) is 35.2 Å². The molecular formula is C16H23NO6. The molecule has 7 heteroatoms. The fourth-order valence-electron chi connectivity index (χ4n) is 2.00. The third-order valence-electron chi connectivity index (χ3n) is 3.35. The Hall–Kier alpha value is -2.44. The third kappa shape index (κ3) is 4.77. The number of nitrogens with one attached hydrogen (secondary N) is 1. The van der Waals surface area contributed by atoms with Gasteiger partial charge in [-0.25, -0.2) is 4.79 Å². The lowest BCUT2D eigenvalue weighted by atomic mass is 10.0. The topological polar surface area (TPSA) is 94.1 Å². The van der Waals surface area contributed by atoms with Crippen molar-refractivity contribution >= 4 is 11.9 Å². The molecule has 128 valence electrons. The number of rotatable bonds is 8. The van der Waals surface area contributed by atoms with Crippen LogP contribution in [0.4, 0.5) is 0 Å². The summed E-state index contributed by atoms with van der Waals surface area (Å²) in [6, 6.07) is 3.52. The van der Waals surface area contributed by atoms with Gasteiger partial charge in [0, 0.05) is 6.42 Å². The largest absolute Gasteiger partial charge is 0.493 e. The Morgan fingerprint density at radius 1 is 1.09 bits per heavy atom. The lowest BCUT2D eigenvalue weighted by molar-refractivity contribution is -0.146. The zero-order valence-electron chi connectivity index (χ0n) is 14.1. The minimum absolute atomic E-state index is 0.148. The van der Waals surface area contributed by atoms with Gasteiger partial charge in [0.05, 0.1) is 21.3 Å². The molecule has 2 N–H and O–H groups in total. The number of carbonyl (C=O) groups is 2. The Kier molecular flexibility index (Phi) is 6.24. The van der Waals surface area contributed by atoms with Crippen molar-refractivity contribution in [3.05, 3.63) is 17.7 Å². The fraction of sp³-hybridized carbons (Fsp3) is 0.500. The van der Waals surface area contributed by atoms with Crippen LogP contribution < -0.4 is 19.5 Å². The van der Waals surface area contributed by atoms with Crippen molar-refractivity contribution in [1.29, 1.82) is 0 Å². The van der Waals surface area contributed by atoms with Gasteiger partial charge in [0.25, 0.3) is 0 Å². The van der Waals surface area contributed by atoms with Crippen LogP contribution in [0.5, 0.6) is 17.2 Å². The molecule has 1 aromatic rings. The third-order valence-corrected chi connectivity index (χ3v) is 3.35. The van der Waals surface area contributed by atoms with Gasteiger partial charge < -0.3 is 24.6 Å². The van der Waals surface area contributed by atoms with Gasteiger partial charge in [-0.05, 0) is 38.0 Å². The number of amides is 1. The van der Waals surface area contributed by atoms with Gasteiger partial charge in [0.15, 0.2) is 11.5 Å². The van der Waals surface area contributed by atoms with Crippen molar-refractivity contribution in [3.8, 4) is 17.2 Å². The van der Waals surface area contributed by atoms with Gasteiger partial charge in [-0.15, -0.1) is 0 Å². The highest BCUT2D eigenvalue weighted by Crippen LogP contribution is 2.38.